The van der Waals surface area contributed by atoms with Crippen LogP contribution in [0.4, 0.5) is 0 Å². The van der Waals surface area contributed by atoms with Gasteiger partial charge in [0.1, 0.15) is 0 Å². The van der Waals surface area contributed by atoms with Crippen LogP contribution in [0.5, 0.6) is 0 Å². The van der Waals surface area contributed by atoms with Crippen molar-refractivity contribution in [1.29, 1.82) is 0 Å². The van der Waals surface area contributed by atoms with Crippen molar-refractivity contribution in [2.24, 2.45) is 11.5 Å². The minimum absolute atomic E-state index is 0.212. The molecule has 0 aliphatic rings. The van der Waals surface area contributed by atoms with Crippen molar-refractivity contribution >= 4 is 10.8 Å². The van der Waals surface area contributed by atoms with Crippen LogP contribution in [0, 0.1) is 0 Å². The molecule has 4 N–H and O–H groups in total. The van der Waals surface area contributed by atoms with Crippen molar-refractivity contribution in [2.45, 2.75) is 12.1 Å². The summed E-state index contributed by atoms with van der Waals surface area (Å²) in [5.74, 6) is 0. The van der Waals surface area contributed by atoms with E-state index in [1.807, 2.05) is 18.2 Å². The molecule has 18 heavy (non-hydrogen) atoms. The molecular formula is C16H18N2. The van der Waals surface area contributed by atoms with Gasteiger partial charge in [-0.05, 0) is 21.9 Å². The number of rotatable bonds is 4. The van der Waals surface area contributed by atoms with E-state index < -0.39 is 0 Å². The molecule has 0 aliphatic heterocycles. The summed E-state index contributed by atoms with van der Waals surface area (Å²) in [5, 5.41) is 2.28. The fraction of sp³-hybridized carbons (Fsp3) is 0.125. The van der Waals surface area contributed by atoms with Crippen LogP contribution in [-0.4, -0.2) is 0 Å². The van der Waals surface area contributed by atoms with Crippen LogP contribution in [0.1, 0.15) is 23.2 Å². The van der Waals surface area contributed by atoms with E-state index in [1.54, 1.807) is 12.2 Å². The van der Waals surface area contributed by atoms with E-state index in [0.29, 0.717) is 0 Å². The van der Waals surface area contributed by atoms with Gasteiger partial charge in [0.05, 0.1) is 0 Å². The lowest BCUT2D eigenvalue weighted by molar-refractivity contribution is 0.843. The smallest absolute Gasteiger partial charge is 0.0488 e. The van der Waals surface area contributed by atoms with Gasteiger partial charge < -0.3 is 11.5 Å². The van der Waals surface area contributed by atoms with Gasteiger partial charge in [-0.2, -0.15) is 0 Å². The van der Waals surface area contributed by atoms with Gasteiger partial charge in [0.25, 0.3) is 0 Å². The second-order valence-electron chi connectivity index (χ2n) is 4.31. The van der Waals surface area contributed by atoms with Crippen molar-refractivity contribution in [3.8, 4) is 0 Å². The normalized spacial score (nSPS) is 14.1. The maximum Gasteiger partial charge on any atom is 0.0488 e. The quantitative estimate of drug-likeness (QED) is 0.804. The molecular weight excluding hydrogens is 220 g/mol. The second kappa shape index (κ2) is 5.17. The molecule has 2 unspecified atom stereocenters. The van der Waals surface area contributed by atoms with Gasteiger partial charge in [-0.3, -0.25) is 0 Å². The number of hydrogen-bond acceptors (Lipinski definition) is 2. The van der Waals surface area contributed by atoms with Crippen molar-refractivity contribution in [1.82, 2.24) is 0 Å². The van der Waals surface area contributed by atoms with E-state index >= 15 is 0 Å². The Hall–Kier alpha value is -1.90. The first kappa shape index (κ1) is 12.6. The van der Waals surface area contributed by atoms with Crippen LogP contribution in [0.2, 0.25) is 0 Å². The average molecular weight is 238 g/mol. The summed E-state index contributed by atoms with van der Waals surface area (Å²) in [6, 6.07) is 11.8. The summed E-state index contributed by atoms with van der Waals surface area (Å²) in [7, 11) is 0. The molecule has 0 aromatic heterocycles. The summed E-state index contributed by atoms with van der Waals surface area (Å²) in [5.41, 5.74) is 14.3. The van der Waals surface area contributed by atoms with Crippen LogP contribution in [0.15, 0.2) is 61.7 Å². The molecule has 0 saturated carbocycles. The topological polar surface area (TPSA) is 52.0 Å². The number of nitrogens with two attached hydrogens (primary N) is 2. The third kappa shape index (κ3) is 2.08. The van der Waals surface area contributed by atoms with Crippen molar-refractivity contribution in [3.05, 3.63) is 72.8 Å². The van der Waals surface area contributed by atoms with E-state index in [9.17, 15) is 0 Å². The fourth-order valence-corrected chi connectivity index (χ4v) is 2.22. The molecule has 2 rings (SSSR count). The van der Waals surface area contributed by atoms with Gasteiger partial charge in [-0.15, -0.1) is 13.2 Å². The first-order chi connectivity index (χ1) is 8.69. The molecule has 0 radical (unpaired) electrons. The van der Waals surface area contributed by atoms with E-state index in [-0.39, 0.29) is 12.1 Å². The molecule has 2 atom stereocenters. The maximum absolute atomic E-state index is 6.15. The summed E-state index contributed by atoms with van der Waals surface area (Å²) < 4.78 is 0. The van der Waals surface area contributed by atoms with Crippen LogP contribution < -0.4 is 11.5 Å². The molecule has 0 fully saturated rings. The monoisotopic (exact) mass is 238 g/mol. The Morgan fingerprint density at radius 1 is 0.889 bits per heavy atom. The second-order valence-corrected chi connectivity index (χ2v) is 4.31. The maximum atomic E-state index is 6.15. The first-order valence-corrected chi connectivity index (χ1v) is 5.97. The number of fused-ring (bicyclic) bond motifs is 1. The zero-order valence-electron chi connectivity index (χ0n) is 10.3. The van der Waals surface area contributed by atoms with Gasteiger partial charge in [0.2, 0.25) is 0 Å². The summed E-state index contributed by atoms with van der Waals surface area (Å²) in [6.45, 7) is 7.53. The molecule has 0 spiro atoms. The molecule has 0 heterocycles. The van der Waals surface area contributed by atoms with Crippen molar-refractivity contribution in [2.75, 3.05) is 0 Å². The molecule has 0 bridgehead atoms. The van der Waals surface area contributed by atoms with Crippen molar-refractivity contribution in [3.63, 3.8) is 0 Å². The lowest BCUT2D eigenvalue weighted by atomic mass is 9.90. The molecule has 0 saturated heterocycles. The van der Waals surface area contributed by atoms with Gasteiger partial charge in [0, 0.05) is 12.1 Å². The molecule has 0 aliphatic carbocycles. The van der Waals surface area contributed by atoms with Gasteiger partial charge >= 0.3 is 0 Å². The van der Waals surface area contributed by atoms with Crippen molar-refractivity contribution < 1.29 is 0 Å². The van der Waals surface area contributed by atoms with Gasteiger partial charge in [-0.1, -0.05) is 48.6 Å². The number of benzene rings is 2. The predicted octanol–water partition coefficient (Wildman–Crippen LogP) is 3.21. The minimum Gasteiger partial charge on any atom is -0.321 e. The molecule has 2 aromatic carbocycles. The van der Waals surface area contributed by atoms with Crippen LogP contribution >= 0.6 is 0 Å². The van der Waals surface area contributed by atoms with E-state index in [2.05, 4.69) is 31.4 Å². The van der Waals surface area contributed by atoms with Crippen LogP contribution in [0.25, 0.3) is 10.8 Å². The average Bonchev–Trinajstić information content (AvgIpc) is 2.44. The largest absolute Gasteiger partial charge is 0.321 e. The Balaban J connectivity index is 2.78. The summed E-state index contributed by atoms with van der Waals surface area (Å²) >= 11 is 0. The Labute approximate surface area is 108 Å². The van der Waals surface area contributed by atoms with Crippen LogP contribution in [0.3, 0.4) is 0 Å². The Morgan fingerprint density at radius 2 is 1.56 bits per heavy atom. The lowest BCUT2D eigenvalue weighted by Gasteiger charge is -2.19. The highest BCUT2D eigenvalue weighted by atomic mass is 14.7. The van der Waals surface area contributed by atoms with E-state index in [1.165, 1.54) is 0 Å². The Bertz CT molecular complexity index is 587. The molecule has 92 valence electrons. The Morgan fingerprint density at radius 3 is 2.22 bits per heavy atom. The lowest BCUT2D eigenvalue weighted by Crippen LogP contribution is -2.16. The SMILES string of the molecule is C=CC(N)c1ccc2ccccc2c1C(N)C=C. The third-order valence-corrected chi connectivity index (χ3v) is 3.20. The Kier molecular flexibility index (Phi) is 3.60. The molecule has 2 nitrogen and oxygen atoms in total. The highest BCUT2D eigenvalue weighted by molar-refractivity contribution is 5.87. The molecule has 0 amide bonds. The molecule has 2 aromatic rings. The fourth-order valence-electron chi connectivity index (χ4n) is 2.22. The predicted molar refractivity (Wildman–Crippen MR) is 78.2 cm³/mol. The highest BCUT2D eigenvalue weighted by Gasteiger charge is 2.15. The van der Waals surface area contributed by atoms with Gasteiger partial charge in [-0.25, -0.2) is 0 Å². The minimum atomic E-state index is -0.225. The number of hydrogen-bond donors (Lipinski definition) is 2. The molecule has 2 heteroatoms. The van der Waals surface area contributed by atoms with Gasteiger partial charge in [0.15, 0.2) is 0 Å². The van der Waals surface area contributed by atoms with E-state index in [0.717, 1.165) is 21.9 Å². The van der Waals surface area contributed by atoms with E-state index in [4.69, 9.17) is 11.5 Å². The zero-order valence-corrected chi connectivity index (χ0v) is 10.3. The van der Waals surface area contributed by atoms with Crippen LogP contribution in [-0.2, 0) is 0 Å². The highest BCUT2D eigenvalue weighted by Crippen LogP contribution is 2.30. The standard InChI is InChI=1S/C16H18N2/c1-3-14(17)13-10-9-11-7-5-6-8-12(11)16(13)15(18)4-2/h3-10,14-15H,1-2,17-18H2. The zero-order chi connectivity index (χ0) is 13.1. The third-order valence-electron chi connectivity index (χ3n) is 3.20. The first-order valence-electron chi connectivity index (χ1n) is 5.97. The summed E-state index contributed by atoms with van der Waals surface area (Å²) in [6.07, 6.45) is 3.46. The summed E-state index contributed by atoms with van der Waals surface area (Å²) in [4.78, 5) is 0.